The number of likely N-dealkylation sites (N-methyl/N-ethyl adjacent to an activating group) is 1. The van der Waals surface area contributed by atoms with Gasteiger partial charge in [-0.2, -0.15) is 4.31 Å². The quantitative estimate of drug-likeness (QED) is 0.746. The van der Waals surface area contributed by atoms with Gasteiger partial charge in [0.2, 0.25) is 20.0 Å². The monoisotopic (exact) mass is 325 g/mol. The van der Waals surface area contributed by atoms with E-state index in [-0.39, 0.29) is 35.2 Å². The normalized spacial score (nSPS) is 13.1. The fraction of sp³-hybridized carbons (Fsp3) is 0.700. The maximum Gasteiger partial charge on any atom is 0.248 e. The molecule has 0 aliphatic rings. The Labute approximate surface area is 119 Å². The van der Waals surface area contributed by atoms with Crippen LogP contribution in [0.3, 0.4) is 0 Å². The lowest BCUT2D eigenvalue weighted by Crippen LogP contribution is -2.36. The topological polar surface area (TPSA) is 110 Å². The smallest absolute Gasteiger partial charge is 0.248 e. The van der Waals surface area contributed by atoms with Crippen molar-refractivity contribution in [3.8, 4) is 0 Å². The van der Waals surface area contributed by atoms with E-state index in [9.17, 15) is 16.8 Å². The highest BCUT2D eigenvalue weighted by molar-refractivity contribution is 7.89. The minimum atomic E-state index is -3.74. The predicted molar refractivity (Wildman–Crippen MR) is 73.3 cm³/mol. The van der Waals surface area contributed by atoms with Gasteiger partial charge >= 0.3 is 0 Å². The van der Waals surface area contributed by atoms with Crippen LogP contribution in [0.25, 0.3) is 0 Å². The van der Waals surface area contributed by atoms with Gasteiger partial charge in [-0.05, 0) is 20.8 Å². The highest BCUT2D eigenvalue weighted by Crippen LogP contribution is 2.21. The van der Waals surface area contributed by atoms with Crippen LogP contribution < -0.4 is 4.72 Å². The number of hydrogen-bond acceptors (Lipinski definition) is 6. The molecule has 1 rings (SSSR count). The van der Waals surface area contributed by atoms with Crippen LogP contribution in [0.2, 0.25) is 0 Å². The first-order valence-electron chi connectivity index (χ1n) is 5.98. The summed E-state index contributed by atoms with van der Waals surface area (Å²) in [6.45, 7) is 4.59. The van der Waals surface area contributed by atoms with Crippen LogP contribution in [0.5, 0.6) is 0 Å². The average molecular weight is 325 g/mol. The van der Waals surface area contributed by atoms with E-state index in [1.54, 1.807) is 0 Å². The van der Waals surface area contributed by atoms with E-state index >= 15 is 0 Å². The SMILES string of the molecule is CCS(=O)(=O)NCCN(C)S(=O)(=O)c1c(C)noc1C. The molecule has 0 aliphatic carbocycles. The van der Waals surface area contributed by atoms with E-state index in [0.29, 0.717) is 0 Å². The van der Waals surface area contributed by atoms with Crippen molar-refractivity contribution in [1.29, 1.82) is 0 Å². The molecule has 1 aromatic heterocycles. The Morgan fingerprint density at radius 2 is 1.85 bits per heavy atom. The zero-order chi connectivity index (χ0) is 15.6. The number of aryl methyl sites for hydroxylation is 2. The molecule has 8 nitrogen and oxygen atoms in total. The fourth-order valence-corrected chi connectivity index (χ4v) is 3.64. The maximum absolute atomic E-state index is 12.3. The summed E-state index contributed by atoms with van der Waals surface area (Å²) in [7, 11) is -5.70. The number of rotatable bonds is 7. The third kappa shape index (κ3) is 3.78. The van der Waals surface area contributed by atoms with Gasteiger partial charge in [0.1, 0.15) is 10.6 Å². The first-order chi connectivity index (χ1) is 9.12. The van der Waals surface area contributed by atoms with Crippen molar-refractivity contribution in [2.24, 2.45) is 0 Å². The summed E-state index contributed by atoms with van der Waals surface area (Å²) in [4.78, 5) is 0.0262. The summed E-state index contributed by atoms with van der Waals surface area (Å²) in [5.41, 5.74) is 0.281. The molecule has 1 aromatic rings. The van der Waals surface area contributed by atoms with Crippen LogP contribution in [-0.4, -0.2) is 52.2 Å². The molecule has 0 aliphatic heterocycles. The number of nitrogens with one attached hydrogen (secondary N) is 1. The second-order valence-electron chi connectivity index (χ2n) is 4.28. The Hall–Kier alpha value is -0.970. The Balaban J connectivity index is 2.80. The van der Waals surface area contributed by atoms with Crippen LogP contribution in [0.4, 0.5) is 0 Å². The maximum atomic E-state index is 12.3. The molecule has 20 heavy (non-hydrogen) atoms. The average Bonchev–Trinajstić information content (AvgIpc) is 2.69. The molecule has 10 heteroatoms. The van der Waals surface area contributed by atoms with Crippen molar-refractivity contribution in [3.63, 3.8) is 0 Å². The molecule has 0 aromatic carbocycles. The van der Waals surface area contributed by atoms with Crippen molar-refractivity contribution in [3.05, 3.63) is 11.5 Å². The standard InChI is InChI=1S/C10H19N3O5S2/c1-5-19(14,15)11-6-7-13(4)20(16,17)10-8(2)12-18-9(10)3/h11H,5-7H2,1-4H3. The summed E-state index contributed by atoms with van der Waals surface area (Å²) in [5, 5.41) is 3.61. The summed E-state index contributed by atoms with van der Waals surface area (Å²) in [6, 6.07) is 0. The number of sulfonamides is 2. The summed E-state index contributed by atoms with van der Waals surface area (Å²) >= 11 is 0. The third-order valence-electron chi connectivity index (χ3n) is 2.76. The molecule has 0 radical (unpaired) electrons. The van der Waals surface area contributed by atoms with Gasteiger partial charge in [0.05, 0.1) is 5.75 Å². The number of aromatic nitrogens is 1. The lowest BCUT2D eigenvalue weighted by atomic mass is 10.4. The van der Waals surface area contributed by atoms with Gasteiger partial charge in [-0.3, -0.25) is 0 Å². The zero-order valence-corrected chi connectivity index (χ0v) is 13.5. The van der Waals surface area contributed by atoms with Gasteiger partial charge in [-0.1, -0.05) is 5.16 Å². The van der Waals surface area contributed by atoms with Gasteiger partial charge in [0, 0.05) is 20.1 Å². The van der Waals surface area contributed by atoms with Crippen molar-refractivity contribution in [1.82, 2.24) is 14.2 Å². The molecule has 0 bridgehead atoms. The Morgan fingerprint density at radius 1 is 1.25 bits per heavy atom. The van der Waals surface area contributed by atoms with Crippen LogP contribution in [-0.2, 0) is 20.0 Å². The van der Waals surface area contributed by atoms with Gasteiger partial charge in [0.25, 0.3) is 0 Å². The molecule has 0 saturated carbocycles. The highest BCUT2D eigenvalue weighted by Gasteiger charge is 2.28. The van der Waals surface area contributed by atoms with Crippen molar-refractivity contribution >= 4 is 20.0 Å². The van der Waals surface area contributed by atoms with Gasteiger partial charge in [-0.25, -0.2) is 21.6 Å². The largest absolute Gasteiger partial charge is 0.360 e. The minimum Gasteiger partial charge on any atom is -0.360 e. The Bertz CT molecular complexity index is 644. The first kappa shape index (κ1) is 17.1. The van der Waals surface area contributed by atoms with Crippen molar-refractivity contribution in [2.75, 3.05) is 25.9 Å². The highest BCUT2D eigenvalue weighted by atomic mass is 32.2. The molecule has 0 unspecified atom stereocenters. The van der Waals surface area contributed by atoms with Crippen LogP contribution in [0.1, 0.15) is 18.4 Å². The van der Waals surface area contributed by atoms with E-state index in [1.807, 2.05) is 0 Å². The fourth-order valence-electron chi connectivity index (χ4n) is 1.58. The molecular formula is C10H19N3O5S2. The molecule has 0 amide bonds. The van der Waals surface area contributed by atoms with Crippen LogP contribution in [0, 0.1) is 13.8 Å². The van der Waals surface area contributed by atoms with E-state index in [0.717, 1.165) is 4.31 Å². The summed E-state index contributed by atoms with van der Waals surface area (Å²) in [6.07, 6.45) is 0. The molecule has 0 atom stereocenters. The summed E-state index contributed by atoms with van der Waals surface area (Å²) < 4.78 is 55.4. The molecule has 1 N–H and O–H groups in total. The molecular weight excluding hydrogens is 306 g/mol. The van der Waals surface area contributed by atoms with E-state index in [4.69, 9.17) is 4.52 Å². The van der Waals surface area contributed by atoms with Gasteiger partial charge in [0.15, 0.2) is 5.76 Å². The lowest BCUT2D eigenvalue weighted by molar-refractivity contribution is 0.389. The van der Waals surface area contributed by atoms with Crippen molar-refractivity contribution < 1.29 is 21.4 Å². The Kier molecular flexibility index (Phi) is 5.30. The van der Waals surface area contributed by atoms with Crippen LogP contribution in [0.15, 0.2) is 9.42 Å². The number of hydrogen-bond donors (Lipinski definition) is 1. The molecule has 0 saturated heterocycles. The third-order valence-corrected chi connectivity index (χ3v) is 6.27. The predicted octanol–water partition coefficient (Wildman–Crippen LogP) is -0.149. The summed E-state index contributed by atoms with van der Waals surface area (Å²) in [5.74, 6) is 0.163. The molecule has 1 heterocycles. The van der Waals surface area contributed by atoms with E-state index < -0.39 is 20.0 Å². The number of nitrogens with zero attached hydrogens (tertiary/aromatic N) is 2. The van der Waals surface area contributed by atoms with Gasteiger partial charge < -0.3 is 4.52 Å². The zero-order valence-electron chi connectivity index (χ0n) is 11.9. The Morgan fingerprint density at radius 3 is 2.30 bits per heavy atom. The second-order valence-corrected chi connectivity index (χ2v) is 8.35. The van der Waals surface area contributed by atoms with Gasteiger partial charge in [-0.15, -0.1) is 0 Å². The molecule has 0 spiro atoms. The van der Waals surface area contributed by atoms with Crippen LogP contribution >= 0.6 is 0 Å². The minimum absolute atomic E-state index is 0.00920. The van der Waals surface area contributed by atoms with E-state index in [2.05, 4.69) is 9.88 Å². The van der Waals surface area contributed by atoms with E-state index in [1.165, 1.54) is 27.8 Å². The van der Waals surface area contributed by atoms with Crippen molar-refractivity contribution in [2.45, 2.75) is 25.7 Å². The lowest BCUT2D eigenvalue weighted by Gasteiger charge is -2.17. The second kappa shape index (κ2) is 6.20. The molecule has 116 valence electrons. The first-order valence-corrected chi connectivity index (χ1v) is 9.07. The molecule has 0 fully saturated rings.